The highest BCUT2D eigenvalue weighted by Crippen LogP contribution is 2.46. The molecule has 0 N–H and O–H groups in total. The first-order valence-electron chi connectivity index (χ1n) is 25.2. The normalized spacial score (nSPS) is 11.8. The Morgan fingerprint density at radius 2 is 0.757 bits per heavy atom. The van der Waals surface area contributed by atoms with E-state index in [4.69, 9.17) is 15.0 Å². The number of para-hydroxylation sites is 2. The van der Waals surface area contributed by atoms with Crippen molar-refractivity contribution >= 4 is 75.9 Å². The van der Waals surface area contributed by atoms with Crippen molar-refractivity contribution in [3.63, 3.8) is 0 Å². The average molecular weight is 942 g/mol. The summed E-state index contributed by atoms with van der Waals surface area (Å²) in [6, 6.07) is 93.7. The zero-order chi connectivity index (χ0) is 48.7. The van der Waals surface area contributed by atoms with E-state index in [1.807, 2.05) is 18.2 Å². The zero-order valence-electron chi connectivity index (χ0n) is 40.1. The highest BCUT2D eigenvalue weighted by Gasteiger charge is 2.25. The fourth-order valence-corrected chi connectivity index (χ4v) is 11.5. The van der Waals surface area contributed by atoms with Crippen LogP contribution in [-0.4, -0.2) is 24.1 Å². The third kappa shape index (κ3) is 6.68. The molecule has 0 aliphatic carbocycles. The number of rotatable bonds is 7. The van der Waals surface area contributed by atoms with Crippen LogP contribution >= 0.6 is 0 Å². The third-order valence-corrected chi connectivity index (χ3v) is 14.9. The smallest absolute Gasteiger partial charge is 0.164 e. The standard InChI is InChI=1S/C69H43N5/c1-4-18-44(19-5-1)45-32-34-47(35-33-45)59-43-61(54-28-14-15-30-57(54)66(59)74-64-41-50-24-11-10-23-49(50)40-60(64)58-39-36-46-20-12-13-27-53(46)65(58)74)69-71-67(48-21-6-2-7-22-48)70-68(72-69)51-37-38-56-55-29-16-17-31-62(55)73(63(56)42-51)52-25-8-3-9-26-52/h1-43H. The van der Waals surface area contributed by atoms with Gasteiger partial charge in [-0.25, -0.2) is 15.0 Å². The van der Waals surface area contributed by atoms with E-state index < -0.39 is 0 Å². The van der Waals surface area contributed by atoms with Crippen LogP contribution in [0.1, 0.15) is 0 Å². The number of benzene rings is 12. The molecule has 0 saturated heterocycles. The van der Waals surface area contributed by atoms with Gasteiger partial charge in [-0.05, 0) is 80.7 Å². The van der Waals surface area contributed by atoms with Gasteiger partial charge in [-0.15, -0.1) is 0 Å². The first-order valence-corrected chi connectivity index (χ1v) is 25.2. The predicted molar refractivity (Wildman–Crippen MR) is 308 cm³/mol. The van der Waals surface area contributed by atoms with Crippen LogP contribution in [0.2, 0.25) is 0 Å². The molecule has 0 spiro atoms. The molecule has 15 aromatic rings. The fourth-order valence-electron chi connectivity index (χ4n) is 11.5. The Balaban J connectivity index is 1.04. The van der Waals surface area contributed by atoms with E-state index in [1.54, 1.807) is 0 Å². The van der Waals surface area contributed by atoms with Gasteiger partial charge < -0.3 is 9.13 Å². The minimum Gasteiger partial charge on any atom is -0.309 e. The SMILES string of the molecule is c1ccc(-c2ccc(-c3cc(-c4nc(-c5ccccc5)nc(-c5ccc6c7ccccc7n(-c7ccccc7)c6c5)n4)c4ccccc4c3-n3c4cc5ccccc5cc4c4ccc5ccccc5c43)cc2)cc1. The Labute approximate surface area is 426 Å². The molecule has 0 amide bonds. The summed E-state index contributed by atoms with van der Waals surface area (Å²) < 4.78 is 4.89. The average Bonchev–Trinajstić information content (AvgIpc) is 3.99. The zero-order valence-corrected chi connectivity index (χ0v) is 40.1. The van der Waals surface area contributed by atoms with Gasteiger partial charge in [0.2, 0.25) is 0 Å². The van der Waals surface area contributed by atoms with E-state index in [0.717, 1.165) is 72.1 Å². The largest absolute Gasteiger partial charge is 0.309 e. The van der Waals surface area contributed by atoms with Crippen LogP contribution in [0.25, 0.3) is 144 Å². The topological polar surface area (TPSA) is 48.5 Å². The van der Waals surface area contributed by atoms with Crippen molar-refractivity contribution in [3.05, 3.63) is 261 Å². The summed E-state index contributed by atoms with van der Waals surface area (Å²) in [6.07, 6.45) is 0. The summed E-state index contributed by atoms with van der Waals surface area (Å²) in [6.45, 7) is 0. The van der Waals surface area contributed by atoms with Crippen LogP contribution in [0.15, 0.2) is 261 Å². The second-order valence-corrected chi connectivity index (χ2v) is 19.1. The molecule has 344 valence electrons. The first-order chi connectivity index (χ1) is 36.7. The maximum Gasteiger partial charge on any atom is 0.164 e. The molecule has 12 aromatic carbocycles. The molecule has 0 aliphatic heterocycles. The van der Waals surface area contributed by atoms with Crippen LogP contribution < -0.4 is 0 Å². The van der Waals surface area contributed by atoms with E-state index in [0.29, 0.717) is 17.5 Å². The minimum atomic E-state index is 0.598. The van der Waals surface area contributed by atoms with Gasteiger partial charge >= 0.3 is 0 Å². The van der Waals surface area contributed by atoms with Gasteiger partial charge in [0.15, 0.2) is 17.5 Å². The maximum atomic E-state index is 5.53. The number of fused-ring (bicyclic) bond motifs is 10. The monoisotopic (exact) mass is 941 g/mol. The number of hydrogen-bond acceptors (Lipinski definition) is 3. The lowest BCUT2D eigenvalue weighted by Gasteiger charge is -2.21. The van der Waals surface area contributed by atoms with E-state index in [2.05, 4.69) is 252 Å². The van der Waals surface area contributed by atoms with Crippen molar-refractivity contribution in [1.82, 2.24) is 24.1 Å². The summed E-state index contributed by atoms with van der Waals surface area (Å²) in [5.74, 6) is 1.81. The lowest BCUT2D eigenvalue weighted by atomic mass is 9.92. The van der Waals surface area contributed by atoms with Gasteiger partial charge in [-0.1, -0.05) is 218 Å². The van der Waals surface area contributed by atoms with Crippen molar-refractivity contribution < 1.29 is 0 Å². The number of hydrogen-bond donors (Lipinski definition) is 0. The van der Waals surface area contributed by atoms with Crippen LogP contribution in [0.4, 0.5) is 0 Å². The first kappa shape index (κ1) is 41.8. The summed E-state index contributed by atoms with van der Waals surface area (Å²) in [7, 11) is 0. The Bertz CT molecular complexity index is 4690. The highest BCUT2D eigenvalue weighted by molar-refractivity contribution is 6.22. The molecular formula is C69H43N5. The number of nitrogens with zero attached hydrogens (tertiary/aromatic N) is 5. The molecular weight excluding hydrogens is 899 g/mol. The molecule has 3 heterocycles. The van der Waals surface area contributed by atoms with Crippen LogP contribution in [0, 0.1) is 0 Å². The molecule has 0 aliphatic rings. The lowest BCUT2D eigenvalue weighted by Crippen LogP contribution is -2.04. The van der Waals surface area contributed by atoms with Crippen LogP contribution in [-0.2, 0) is 0 Å². The van der Waals surface area contributed by atoms with Gasteiger partial charge in [0, 0.05) is 60.3 Å². The second-order valence-electron chi connectivity index (χ2n) is 19.1. The molecule has 74 heavy (non-hydrogen) atoms. The summed E-state index contributed by atoms with van der Waals surface area (Å²) in [5.41, 5.74) is 14.0. The van der Waals surface area contributed by atoms with Crippen molar-refractivity contribution in [2.24, 2.45) is 0 Å². The second kappa shape index (κ2) is 16.8. The molecule has 0 saturated carbocycles. The van der Waals surface area contributed by atoms with Gasteiger partial charge in [-0.3, -0.25) is 0 Å². The van der Waals surface area contributed by atoms with Crippen LogP contribution in [0.3, 0.4) is 0 Å². The Kier molecular flexibility index (Phi) is 9.50. The molecule has 0 unspecified atom stereocenters. The third-order valence-electron chi connectivity index (χ3n) is 14.9. The number of aromatic nitrogens is 5. The minimum absolute atomic E-state index is 0.598. The van der Waals surface area contributed by atoms with Crippen molar-refractivity contribution in [2.75, 3.05) is 0 Å². The van der Waals surface area contributed by atoms with Gasteiger partial charge in [0.1, 0.15) is 0 Å². The quantitative estimate of drug-likeness (QED) is 0.160. The van der Waals surface area contributed by atoms with E-state index in [1.165, 1.54) is 54.2 Å². The summed E-state index contributed by atoms with van der Waals surface area (Å²) >= 11 is 0. The van der Waals surface area contributed by atoms with E-state index >= 15 is 0 Å². The van der Waals surface area contributed by atoms with E-state index in [-0.39, 0.29) is 0 Å². The van der Waals surface area contributed by atoms with Gasteiger partial charge in [-0.2, -0.15) is 0 Å². The summed E-state index contributed by atoms with van der Waals surface area (Å²) in [5, 5.41) is 11.7. The van der Waals surface area contributed by atoms with Crippen molar-refractivity contribution in [3.8, 4) is 67.8 Å². The van der Waals surface area contributed by atoms with Gasteiger partial charge in [0.05, 0.1) is 27.8 Å². The highest BCUT2D eigenvalue weighted by atomic mass is 15.0. The molecule has 3 aromatic heterocycles. The Hall–Kier alpha value is -9.97. The fraction of sp³-hybridized carbons (Fsp3) is 0. The molecule has 0 radical (unpaired) electrons. The maximum absolute atomic E-state index is 5.53. The summed E-state index contributed by atoms with van der Waals surface area (Å²) in [4.78, 5) is 16.3. The lowest BCUT2D eigenvalue weighted by molar-refractivity contribution is 1.08. The Morgan fingerprint density at radius 3 is 1.51 bits per heavy atom. The van der Waals surface area contributed by atoms with Crippen LogP contribution in [0.5, 0.6) is 0 Å². The predicted octanol–water partition coefficient (Wildman–Crippen LogP) is 17.9. The molecule has 0 fully saturated rings. The van der Waals surface area contributed by atoms with Crippen molar-refractivity contribution in [2.45, 2.75) is 0 Å². The molecule has 0 bridgehead atoms. The van der Waals surface area contributed by atoms with Gasteiger partial charge in [0.25, 0.3) is 0 Å². The molecule has 5 nitrogen and oxygen atoms in total. The molecule has 15 rings (SSSR count). The Morgan fingerprint density at radius 1 is 0.243 bits per heavy atom. The van der Waals surface area contributed by atoms with Crippen molar-refractivity contribution in [1.29, 1.82) is 0 Å². The molecule has 5 heteroatoms. The molecule has 0 atom stereocenters. The van der Waals surface area contributed by atoms with E-state index in [9.17, 15) is 0 Å².